The minimum Gasteiger partial charge on any atom is -0.484 e. The minimum atomic E-state index is -0.567. The first-order chi connectivity index (χ1) is 18.5. The lowest BCUT2D eigenvalue weighted by atomic mass is 10.1. The number of benzene rings is 2. The van der Waals surface area contributed by atoms with Gasteiger partial charge >= 0.3 is 6.09 Å². The van der Waals surface area contributed by atoms with Crippen molar-refractivity contribution >= 4 is 35.5 Å². The Bertz CT molecular complexity index is 1360. The maximum absolute atomic E-state index is 12.8. The molecule has 0 unspecified atom stereocenters. The molecular weight excluding hydrogens is 502 g/mol. The lowest BCUT2D eigenvalue weighted by molar-refractivity contribution is -0.135. The zero-order valence-corrected chi connectivity index (χ0v) is 22.5. The van der Waals surface area contributed by atoms with Crippen LogP contribution in [0.3, 0.4) is 0 Å². The topological polar surface area (TPSA) is 145 Å². The highest BCUT2D eigenvalue weighted by molar-refractivity contribution is 5.97. The number of aryl methyl sites for hydroxylation is 1. The molecule has 0 bridgehead atoms. The first-order valence-electron chi connectivity index (χ1n) is 12.6. The number of aromatic nitrogens is 3. The zero-order valence-electron chi connectivity index (χ0n) is 22.5. The van der Waals surface area contributed by atoms with E-state index in [9.17, 15) is 14.4 Å². The van der Waals surface area contributed by atoms with Gasteiger partial charge in [-0.15, -0.1) is 5.10 Å². The van der Waals surface area contributed by atoms with Crippen LogP contribution in [0.25, 0.3) is 0 Å². The van der Waals surface area contributed by atoms with Gasteiger partial charge in [0.1, 0.15) is 11.4 Å². The molecule has 0 radical (unpaired) electrons. The minimum absolute atomic E-state index is 0.0474. The van der Waals surface area contributed by atoms with E-state index < -0.39 is 5.60 Å². The van der Waals surface area contributed by atoms with Gasteiger partial charge in [0, 0.05) is 43.5 Å². The van der Waals surface area contributed by atoms with Crippen molar-refractivity contribution in [3.05, 3.63) is 59.7 Å². The van der Waals surface area contributed by atoms with Crippen LogP contribution in [0.4, 0.5) is 22.4 Å². The lowest BCUT2D eigenvalue weighted by Crippen LogP contribution is -2.52. The van der Waals surface area contributed by atoms with Crippen LogP contribution >= 0.6 is 0 Å². The van der Waals surface area contributed by atoms with Gasteiger partial charge in [0.25, 0.3) is 11.8 Å². The number of anilines is 3. The maximum atomic E-state index is 12.8. The smallest absolute Gasteiger partial charge is 0.410 e. The number of nitrogens with one attached hydrogen (secondary N) is 1. The molecule has 1 aliphatic heterocycles. The number of piperazine rings is 1. The van der Waals surface area contributed by atoms with Crippen LogP contribution in [0.1, 0.15) is 36.7 Å². The summed E-state index contributed by atoms with van der Waals surface area (Å²) in [4.78, 5) is 45.1. The standard InChI is InChI=1S/C27H33N7O5/c1-18-7-5-8-19(15-18)23(36)34-24(28)30-25(31-34)29-20-9-6-10-21(16-20)38-17-22(35)32-11-13-33(14-12-32)26(37)39-27(2,3)4/h5-10,15-16H,11-14,17H2,1-4H3,(H3,28,29,30,31). The zero-order chi connectivity index (χ0) is 28.2. The van der Waals surface area contributed by atoms with Crippen molar-refractivity contribution in [3.8, 4) is 5.75 Å². The van der Waals surface area contributed by atoms with E-state index >= 15 is 0 Å². The summed E-state index contributed by atoms with van der Waals surface area (Å²) in [6.45, 7) is 8.80. The monoisotopic (exact) mass is 535 g/mol. The van der Waals surface area contributed by atoms with E-state index in [1.807, 2.05) is 33.8 Å². The van der Waals surface area contributed by atoms with Crippen molar-refractivity contribution in [2.75, 3.05) is 43.8 Å². The van der Waals surface area contributed by atoms with Crippen molar-refractivity contribution in [1.29, 1.82) is 0 Å². The largest absolute Gasteiger partial charge is 0.484 e. The number of carbonyl (C=O) groups is 3. The Morgan fingerprint density at radius 2 is 1.69 bits per heavy atom. The summed E-state index contributed by atoms with van der Waals surface area (Å²) in [5.41, 5.74) is 7.35. The van der Waals surface area contributed by atoms with Gasteiger partial charge in [-0.05, 0) is 52.0 Å². The average molecular weight is 536 g/mol. The first kappa shape index (κ1) is 27.4. The van der Waals surface area contributed by atoms with Gasteiger partial charge in [0.05, 0.1) is 0 Å². The molecule has 2 heterocycles. The van der Waals surface area contributed by atoms with Gasteiger partial charge in [-0.1, -0.05) is 23.8 Å². The number of nitrogen functional groups attached to an aromatic ring is 1. The number of carbonyl (C=O) groups excluding carboxylic acids is 3. The van der Waals surface area contributed by atoms with Gasteiger partial charge in [-0.2, -0.15) is 9.67 Å². The van der Waals surface area contributed by atoms with Gasteiger partial charge in [0.15, 0.2) is 6.61 Å². The second-order valence-corrected chi connectivity index (χ2v) is 10.2. The molecule has 1 fully saturated rings. The molecule has 206 valence electrons. The molecule has 2 aromatic carbocycles. The summed E-state index contributed by atoms with van der Waals surface area (Å²) in [5.74, 6) is -0.0123. The fraction of sp³-hybridized carbons (Fsp3) is 0.370. The van der Waals surface area contributed by atoms with Gasteiger partial charge in [-0.25, -0.2) is 4.79 Å². The van der Waals surface area contributed by atoms with Gasteiger partial charge in [-0.3, -0.25) is 9.59 Å². The van der Waals surface area contributed by atoms with Crippen LogP contribution in [0, 0.1) is 6.92 Å². The molecular formula is C27H33N7O5. The predicted molar refractivity (Wildman–Crippen MR) is 145 cm³/mol. The van der Waals surface area contributed by atoms with Crippen LogP contribution in [-0.2, 0) is 9.53 Å². The number of hydrogen-bond donors (Lipinski definition) is 2. The van der Waals surface area contributed by atoms with Crippen LogP contribution in [0.2, 0.25) is 0 Å². The van der Waals surface area contributed by atoms with Crippen molar-refractivity contribution in [2.24, 2.45) is 0 Å². The third-order valence-electron chi connectivity index (χ3n) is 5.83. The van der Waals surface area contributed by atoms with E-state index in [1.54, 1.807) is 52.3 Å². The second kappa shape index (κ2) is 11.4. The molecule has 0 aliphatic carbocycles. The molecule has 12 heteroatoms. The highest BCUT2D eigenvalue weighted by atomic mass is 16.6. The van der Waals surface area contributed by atoms with Crippen molar-refractivity contribution in [2.45, 2.75) is 33.3 Å². The molecule has 2 amide bonds. The van der Waals surface area contributed by atoms with Crippen LogP contribution in [0.15, 0.2) is 48.5 Å². The number of hydrogen-bond acceptors (Lipinski definition) is 9. The number of rotatable bonds is 6. The number of nitrogens with zero attached hydrogens (tertiary/aromatic N) is 5. The van der Waals surface area contributed by atoms with Crippen LogP contribution < -0.4 is 15.8 Å². The van der Waals surface area contributed by atoms with E-state index in [1.165, 1.54) is 0 Å². The summed E-state index contributed by atoms with van der Waals surface area (Å²) in [6, 6.07) is 14.0. The highest BCUT2D eigenvalue weighted by Crippen LogP contribution is 2.21. The number of amides is 2. The van der Waals surface area contributed by atoms with Crippen LogP contribution in [0.5, 0.6) is 5.75 Å². The molecule has 4 rings (SSSR count). The molecule has 1 saturated heterocycles. The Balaban J connectivity index is 1.30. The van der Waals surface area contributed by atoms with Gasteiger partial charge in [0.2, 0.25) is 11.9 Å². The molecule has 3 N–H and O–H groups in total. The van der Waals surface area contributed by atoms with E-state index in [-0.39, 0.29) is 36.4 Å². The fourth-order valence-corrected chi connectivity index (χ4v) is 3.92. The second-order valence-electron chi connectivity index (χ2n) is 10.2. The molecule has 12 nitrogen and oxygen atoms in total. The van der Waals surface area contributed by atoms with E-state index in [0.717, 1.165) is 10.2 Å². The fourth-order valence-electron chi connectivity index (χ4n) is 3.92. The van der Waals surface area contributed by atoms with Gasteiger partial charge < -0.3 is 30.3 Å². The Kier molecular flexibility index (Phi) is 8.03. The third-order valence-corrected chi connectivity index (χ3v) is 5.83. The Labute approximate surface area is 226 Å². The van der Waals surface area contributed by atoms with Crippen molar-refractivity contribution in [1.82, 2.24) is 24.6 Å². The van der Waals surface area contributed by atoms with Crippen molar-refractivity contribution < 1.29 is 23.9 Å². The highest BCUT2D eigenvalue weighted by Gasteiger charge is 2.27. The normalized spacial score (nSPS) is 13.6. The molecule has 0 atom stereocenters. The summed E-state index contributed by atoms with van der Waals surface area (Å²) >= 11 is 0. The molecule has 39 heavy (non-hydrogen) atoms. The summed E-state index contributed by atoms with van der Waals surface area (Å²) in [5, 5.41) is 7.20. The maximum Gasteiger partial charge on any atom is 0.410 e. The predicted octanol–water partition coefficient (Wildman–Crippen LogP) is 3.06. The molecule has 3 aromatic rings. The Hall–Kier alpha value is -4.61. The number of ether oxygens (including phenoxy) is 2. The molecule has 1 aliphatic rings. The Morgan fingerprint density at radius 1 is 1.00 bits per heavy atom. The molecule has 1 aromatic heterocycles. The third kappa shape index (κ3) is 7.24. The average Bonchev–Trinajstić information content (AvgIpc) is 3.25. The summed E-state index contributed by atoms with van der Waals surface area (Å²) < 4.78 is 12.1. The lowest BCUT2D eigenvalue weighted by Gasteiger charge is -2.35. The SMILES string of the molecule is Cc1cccc(C(=O)n2nc(Nc3cccc(OCC(=O)N4CCN(C(=O)OC(C)(C)C)CC4)c3)nc2N)c1. The quantitative estimate of drug-likeness (QED) is 0.486. The molecule has 0 saturated carbocycles. The first-order valence-corrected chi connectivity index (χ1v) is 12.6. The van der Waals surface area contributed by atoms with E-state index in [0.29, 0.717) is 43.2 Å². The Morgan fingerprint density at radius 3 is 2.38 bits per heavy atom. The molecule has 0 spiro atoms. The van der Waals surface area contributed by atoms with Crippen LogP contribution in [-0.4, -0.2) is 80.9 Å². The van der Waals surface area contributed by atoms with E-state index in [4.69, 9.17) is 15.2 Å². The number of nitrogens with two attached hydrogens (primary N) is 1. The summed E-state index contributed by atoms with van der Waals surface area (Å²) in [6.07, 6.45) is -0.379. The van der Waals surface area contributed by atoms with Crippen molar-refractivity contribution in [3.63, 3.8) is 0 Å². The van der Waals surface area contributed by atoms with E-state index in [2.05, 4.69) is 15.4 Å². The summed E-state index contributed by atoms with van der Waals surface area (Å²) in [7, 11) is 0.